The van der Waals surface area contributed by atoms with Crippen LogP contribution in [0.3, 0.4) is 0 Å². The van der Waals surface area contributed by atoms with Crippen molar-refractivity contribution in [2.24, 2.45) is 0 Å². The van der Waals surface area contributed by atoms with Crippen LogP contribution in [0.2, 0.25) is 0 Å². The molecule has 0 spiro atoms. The average molecular weight is 311 g/mol. The van der Waals surface area contributed by atoms with Crippen LogP contribution in [0.4, 0.5) is 5.82 Å². The van der Waals surface area contributed by atoms with Gasteiger partial charge in [0.15, 0.2) is 11.6 Å². The Bertz CT molecular complexity index is 857. The smallest absolute Gasteiger partial charge is 0.335 e. The zero-order valence-electron chi connectivity index (χ0n) is 13.1. The average Bonchev–Trinajstić information content (AvgIpc) is 3.06. The molecule has 118 valence electrons. The van der Waals surface area contributed by atoms with Crippen molar-refractivity contribution < 1.29 is 14.3 Å². The van der Waals surface area contributed by atoms with Crippen molar-refractivity contribution in [1.29, 1.82) is 0 Å². The molecule has 3 rings (SSSR count). The third-order valence-corrected chi connectivity index (χ3v) is 3.76. The largest absolute Gasteiger partial charge is 0.478 e. The molecule has 0 bridgehead atoms. The molecule has 0 aliphatic rings. The van der Waals surface area contributed by atoms with E-state index in [1.54, 1.807) is 18.4 Å². The van der Waals surface area contributed by atoms with Gasteiger partial charge in [0.05, 0.1) is 22.9 Å². The summed E-state index contributed by atoms with van der Waals surface area (Å²) in [7, 11) is 1.92. The van der Waals surface area contributed by atoms with Gasteiger partial charge < -0.3 is 14.4 Å². The van der Waals surface area contributed by atoms with Crippen LogP contribution in [0.5, 0.6) is 0 Å². The van der Waals surface area contributed by atoms with Gasteiger partial charge in [-0.05, 0) is 44.2 Å². The first kappa shape index (κ1) is 15.0. The molecule has 0 aliphatic carbocycles. The van der Waals surface area contributed by atoms with Gasteiger partial charge in [0, 0.05) is 13.1 Å². The third kappa shape index (κ3) is 2.75. The van der Waals surface area contributed by atoms with Crippen LogP contribution in [0.25, 0.3) is 22.5 Å². The lowest BCUT2D eigenvalue weighted by Crippen LogP contribution is -2.27. The fourth-order valence-corrected chi connectivity index (χ4v) is 2.25. The van der Waals surface area contributed by atoms with E-state index in [0.717, 1.165) is 0 Å². The topological polar surface area (TPSA) is 79.5 Å². The predicted octanol–water partition coefficient (Wildman–Crippen LogP) is 3.43. The van der Waals surface area contributed by atoms with E-state index in [2.05, 4.69) is 9.97 Å². The first-order valence-electron chi connectivity index (χ1n) is 7.29. The molecule has 0 aliphatic heterocycles. The standard InChI is InChI=1S/C17H17N3O3/c1-10(2)20(3)16-15(14-5-4-8-23-14)18-12-7-6-11(17(21)22)9-13(12)19-16/h4-10H,1-3H3,(H,21,22). The van der Waals surface area contributed by atoms with Crippen LogP contribution in [0.15, 0.2) is 41.0 Å². The molecule has 0 saturated carbocycles. The van der Waals surface area contributed by atoms with Gasteiger partial charge in [-0.3, -0.25) is 0 Å². The Morgan fingerprint density at radius 2 is 2.00 bits per heavy atom. The van der Waals surface area contributed by atoms with Gasteiger partial charge in [0.2, 0.25) is 0 Å². The van der Waals surface area contributed by atoms with Gasteiger partial charge in [-0.15, -0.1) is 0 Å². The van der Waals surface area contributed by atoms with Crippen LogP contribution >= 0.6 is 0 Å². The molecule has 0 radical (unpaired) electrons. The molecule has 2 aromatic heterocycles. The van der Waals surface area contributed by atoms with Gasteiger partial charge in [-0.1, -0.05) is 0 Å². The number of hydrogen-bond acceptors (Lipinski definition) is 5. The Balaban J connectivity index is 2.26. The summed E-state index contributed by atoms with van der Waals surface area (Å²) in [6.07, 6.45) is 1.59. The molecule has 6 heteroatoms. The van der Waals surface area contributed by atoms with Crippen molar-refractivity contribution >= 4 is 22.8 Å². The number of nitrogens with zero attached hydrogens (tertiary/aromatic N) is 3. The quantitative estimate of drug-likeness (QED) is 0.795. The highest BCUT2D eigenvalue weighted by atomic mass is 16.4. The summed E-state index contributed by atoms with van der Waals surface area (Å²) in [6.45, 7) is 4.09. The van der Waals surface area contributed by atoms with Crippen LogP contribution in [-0.4, -0.2) is 34.1 Å². The number of carbonyl (C=O) groups is 1. The molecular formula is C17H17N3O3. The van der Waals surface area contributed by atoms with Crippen molar-refractivity contribution in [2.45, 2.75) is 19.9 Å². The number of fused-ring (bicyclic) bond motifs is 1. The monoisotopic (exact) mass is 311 g/mol. The Kier molecular flexibility index (Phi) is 3.73. The molecule has 1 aromatic carbocycles. The number of anilines is 1. The van der Waals surface area contributed by atoms with E-state index < -0.39 is 5.97 Å². The van der Waals surface area contributed by atoms with Crippen molar-refractivity contribution in [3.63, 3.8) is 0 Å². The highest BCUT2D eigenvalue weighted by molar-refractivity contribution is 5.93. The molecule has 23 heavy (non-hydrogen) atoms. The molecule has 0 fully saturated rings. The second kappa shape index (κ2) is 5.72. The molecule has 1 N–H and O–H groups in total. The number of carboxylic acids is 1. The lowest BCUT2D eigenvalue weighted by molar-refractivity contribution is 0.0697. The normalized spacial score (nSPS) is 11.1. The molecule has 3 aromatic rings. The summed E-state index contributed by atoms with van der Waals surface area (Å²) in [5.41, 5.74) is 2.00. The SMILES string of the molecule is CC(C)N(C)c1nc2cc(C(=O)O)ccc2nc1-c1ccco1. The maximum Gasteiger partial charge on any atom is 0.335 e. The Morgan fingerprint density at radius 1 is 1.22 bits per heavy atom. The maximum absolute atomic E-state index is 11.2. The van der Waals surface area contributed by atoms with Crippen molar-refractivity contribution in [1.82, 2.24) is 9.97 Å². The number of furan rings is 1. The lowest BCUT2D eigenvalue weighted by Gasteiger charge is -2.24. The van der Waals surface area contributed by atoms with Crippen molar-refractivity contribution in [3.05, 3.63) is 42.2 Å². The highest BCUT2D eigenvalue weighted by Gasteiger charge is 2.19. The second-order valence-corrected chi connectivity index (χ2v) is 5.59. The van der Waals surface area contributed by atoms with Gasteiger partial charge in [0.25, 0.3) is 0 Å². The maximum atomic E-state index is 11.2. The number of rotatable bonds is 4. The predicted molar refractivity (Wildman–Crippen MR) is 87.7 cm³/mol. The molecule has 2 heterocycles. The lowest BCUT2D eigenvalue weighted by atomic mass is 10.1. The van der Waals surface area contributed by atoms with E-state index >= 15 is 0 Å². The van der Waals surface area contributed by atoms with Crippen molar-refractivity contribution in [2.75, 3.05) is 11.9 Å². The van der Waals surface area contributed by atoms with E-state index in [4.69, 9.17) is 9.52 Å². The third-order valence-electron chi connectivity index (χ3n) is 3.76. The van der Waals surface area contributed by atoms with Gasteiger partial charge in [-0.2, -0.15) is 0 Å². The Morgan fingerprint density at radius 3 is 2.61 bits per heavy atom. The number of aromatic carboxylic acids is 1. The zero-order chi connectivity index (χ0) is 16.6. The summed E-state index contributed by atoms with van der Waals surface area (Å²) in [5, 5.41) is 9.14. The second-order valence-electron chi connectivity index (χ2n) is 5.59. The number of carboxylic acid groups (broad SMARTS) is 1. The molecular weight excluding hydrogens is 294 g/mol. The fourth-order valence-electron chi connectivity index (χ4n) is 2.25. The van der Waals surface area contributed by atoms with E-state index in [0.29, 0.717) is 28.3 Å². The van der Waals surface area contributed by atoms with E-state index in [1.807, 2.05) is 31.9 Å². The zero-order valence-corrected chi connectivity index (χ0v) is 13.1. The molecule has 0 amide bonds. The van der Waals surface area contributed by atoms with Crippen molar-refractivity contribution in [3.8, 4) is 11.5 Å². The summed E-state index contributed by atoms with van der Waals surface area (Å²) in [5.74, 6) is 0.303. The van der Waals surface area contributed by atoms with Crippen LogP contribution in [-0.2, 0) is 0 Å². The molecule has 0 atom stereocenters. The van der Waals surface area contributed by atoms with Crippen LogP contribution < -0.4 is 4.90 Å². The summed E-state index contributed by atoms with van der Waals surface area (Å²) < 4.78 is 5.48. The van der Waals surface area contributed by atoms with Gasteiger partial charge in [0.1, 0.15) is 5.69 Å². The minimum atomic E-state index is -0.984. The molecule has 0 unspecified atom stereocenters. The van der Waals surface area contributed by atoms with Gasteiger partial charge in [-0.25, -0.2) is 14.8 Å². The molecule has 0 saturated heterocycles. The fraction of sp³-hybridized carbons (Fsp3) is 0.235. The number of aromatic nitrogens is 2. The minimum absolute atomic E-state index is 0.190. The highest BCUT2D eigenvalue weighted by Crippen LogP contribution is 2.30. The Hall–Kier alpha value is -2.89. The number of benzene rings is 1. The first-order chi connectivity index (χ1) is 11.0. The molecule has 6 nitrogen and oxygen atoms in total. The minimum Gasteiger partial charge on any atom is -0.478 e. The number of hydrogen-bond donors (Lipinski definition) is 1. The van der Waals surface area contributed by atoms with Crippen LogP contribution in [0.1, 0.15) is 24.2 Å². The summed E-state index contributed by atoms with van der Waals surface area (Å²) in [4.78, 5) is 22.4. The summed E-state index contributed by atoms with van der Waals surface area (Å²) >= 11 is 0. The van der Waals surface area contributed by atoms with E-state index in [-0.39, 0.29) is 11.6 Å². The van der Waals surface area contributed by atoms with Gasteiger partial charge >= 0.3 is 5.97 Å². The van der Waals surface area contributed by atoms with E-state index in [1.165, 1.54) is 12.1 Å². The van der Waals surface area contributed by atoms with E-state index in [9.17, 15) is 4.79 Å². The summed E-state index contributed by atoms with van der Waals surface area (Å²) in [6, 6.07) is 8.56. The Labute approximate surface area is 133 Å². The van der Waals surface area contributed by atoms with Crippen LogP contribution in [0, 0.1) is 0 Å². The first-order valence-corrected chi connectivity index (χ1v) is 7.29.